The van der Waals surface area contributed by atoms with E-state index in [9.17, 15) is 9.59 Å². The average Bonchev–Trinajstić information content (AvgIpc) is 3.92. The molecule has 2 amide bonds. The molecule has 11 heteroatoms. The van der Waals surface area contributed by atoms with Crippen molar-refractivity contribution in [3.05, 3.63) is 78.1 Å². The summed E-state index contributed by atoms with van der Waals surface area (Å²) in [4.78, 5) is 45.7. The molecular formula is C41H46N6O5. The number of rotatable bonds is 4. The fourth-order valence-electron chi connectivity index (χ4n) is 7.62. The van der Waals surface area contributed by atoms with Gasteiger partial charge in [0.2, 0.25) is 0 Å². The molecule has 0 saturated carbocycles. The van der Waals surface area contributed by atoms with Crippen LogP contribution in [0.3, 0.4) is 0 Å². The Morgan fingerprint density at radius 3 is 1.85 bits per heavy atom. The summed E-state index contributed by atoms with van der Waals surface area (Å²) in [6.07, 6.45) is 6.59. The number of carbonyl (C=O) groups excluding carboxylic acids is 2. The zero-order chi connectivity index (χ0) is 36.4. The number of aromatic amines is 2. The van der Waals surface area contributed by atoms with Crippen molar-refractivity contribution < 1.29 is 23.8 Å². The molecule has 0 spiro atoms. The van der Waals surface area contributed by atoms with Crippen molar-refractivity contribution in [3.63, 3.8) is 0 Å². The molecular weight excluding hydrogens is 656 g/mol. The van der Waals surface area contributed by atoms with Crippen molar-refractivity contribution in [2.24, 2.45) is 0 Å². The molecule has 8 rings (SSSR count). The van der Waals surface area contributed by atoms with Gasteiger partial charge in [0.05, 0.1) is 35.9 Å². The lowest BCUT2D eigenvalue weighted by Crippen LogP contribution is -2.36. The first-order valence-electron chi connectivity index (χ1n) is 18.2. The molecule has 5 aromatic rings. The molecule has 3 aliphatic heterocycles. The van der Waals surface area contributed by atoms with E-state index in [0.29, 0.717) is 19.7 Å². The van der Waals surface area contributed by atoms with E-state index in [0.717, 1.165) is 93.1 Å². The summed E-state index contributed by atoms with van der Waals surface area (Å²) in [5, 5.41) is 2.12. The molecule has 0 bridgehead atoms. The Kier molecular flexibility index (Phi) is 8.27. The topological polar surface area (TPSA) is 126 Å². The lowest BCUT2D eigenvalue weighted by atomic mass is 9.92. The molecule has 2 saturated heterocycles. The highest BCUT2D eigenvalue weighted by Crippen LogP contribution is 2.44. The lowest BCUT2D eigenvalue weighted by molar-refractivity contribution is 0.0208. The van der Waals surface area contributed by atoms with Gasteiger partial charge in [-0.3, -0.25) is 9.80 Å². The van der Waals surface area contributed by atoms with Crippen LogP contribution in [0.1, 0.15) is 96.5 Å². The van der Waals surface area contributed by atoms with Crippen LogP contribution in [-0.2, 0) is 16.1 Å². The van der Waals surface area contributed by atoms with Crippen molar-refractivity contribution in [1.29, 1.82) is 0 Å². The first-order valence-corrected chi connectivity index (χ1v) is 18.2. The second-order valence-electron chi connectivity index (χ2n) is 16.1. The Hall–Kier alpha value is -5.32. The van der Waals surface area contributed by atoms with Crippen LogP contribution in [0.25, 0.3) is 44.4 Å². The Morgan fingerprint density at radius 1 is 0.731 bits per heavy atom. The Bertz CT molecular complexity index is 2170. The Balaban J connectivity index is 1.01. The van der Waals surface area contributed by atoms with Crippen molar-refractivity contribution in [3.8, 4) is 39.4 Å². The van der Waals surface area contributed by atoms with Crippen LogP contribution in [0.15, 0.2) is 60.9 Å². The van der Waals surface area contributed by atoms with Gasteiger partial charge in [-0.25, -0.2) is 19.6 Å². The summed E-state index contributed by atoms with van der Waals surface area (Å²) in [5.74, 6) is 2.42. The largest absolute Gasteiger partial charge is 0.488 e. The molecule has 52 heavy (non-hydrogen) atoms. The lowest BCUT2D eigenvalue weighted by Gasteiger charge is -2.27. The molecule has 0 radical (unpaired) electrons. The van der Waals surface area contributed by atoms with Crippen LogP contribution in [0, 0.1) is 0 Å². The summed E-state index contributed by atoms with van der Waals surface area (Å²) < 4.78 is 17.8. The number of ether oxygens (including phenoxy) is 3. The number of benzene rings is 3. The molecule has 270 valence electrons. The van der Waals surface area contributed by atoms with Crippen LogP contribution < -0.4 is 4.74 Å². The van der Waals surface area contributed by atoms with Crippen LogP contribution in [0.4, 0.5) is 9.59 Å². The van der Waals surface area contributed by atoms with E-state index in [1.165, 1.54) is 0 Å². The summed E-state index contributed by atoms with van der Waals surface area (Å²) >= 11 is 0. The van der Waals surface area contributed by atoms with E-state index in [-0.39, 0.29) is 24.3 Å². The van der Waals surface area contributed by atoms with Crippen LogP contribution in [0.5, 0.6) is 5.75 Å². The van der Waals surface area contributed by atoms with Gasteiger partial charge < -0.3 is 24.2 Å². The van der Waals surface area contributed by atoms with Gasteiger partial charge in [0.25, 0.3) is 0 Å². The number of aromatic nitrogens is 4. The molecule has 2 fully saturated rings. The number of hydrogen-bond acceptors (Lipinski definition) is 7. The highest BCUT2D eigenvalue weighted by atomic mass is 16.6. The van der Waals surface area contributed by atoms with E-state index in [4.69, 9.17) is 24.2 Å². The van der Waals surface area contributed by atoms with Crippen molar-refractivity contribution in [2.45, 2.75) is 97.1 Å². The molecule has 2 aromatic heterocycles. The predicted octanol–water partition coefficient (Wildman–Crippen LogP) is 9.32. The second kappa shape index (κ2) is 12.7. The fourth-order valence-corrected chi connectivity index (χ4v) is 7.62. The van der Waals surface area contributed by atoms with Gasteiger partial charge in [-0.15, -0.1) is 0 Å². The monoisotopic (exact) mass is 702 g/mol. The zero-order valence-corrected chi connectivity index (χ0v) is 30.7. The molecule has 3 aromatic carbocycles. The number of H-pyrrole nitrogens is 2. The SMILES string of the molecule is CC(C)(C)OC(=O)N1CCCC1c1ncc(-c2ccc3c(c2)COc2c-3ccc3cc(-c4cnc([C@@H]5CCCN5C(=O)OC(C)(C)C)[nH]4)ccc23)[nH]1. The normalized spacial score (nSPS) is 18.7. The Labute approximate surface area is 303 Å². The molecule has 0 aliphatic carbocycles. The minimum Gasteiger partial charge on any atom is -0.488 e. The van der Waals surface area contributed by atoms with E-state index >= 15 is 0 Å². The van der Waals surface area contributed by atoms with Crippen molar-refractivity contribution in [2.75, 3.05) is 13.1 Å². The maximum atomic E-state index is 12.9. The first-order chi connectivity index (χ1) is 24.8. The minimum atomic E-state index is -0.549. The van der Waals surface area contributed by atoms with Crippen molar-refractivity contribution >= 4 is 23.0 Å². The molecule has 1 unspecified atom stereocenters. The van der Waals surface area contributed by atoms with Gasteiger partial charge in [0.15, 0.2) is 0 Å². The summed E-state index contributed by atoms with van der Waals surface area (Å²) in [6.45, 7) is 13.1. The van der Waals surface area contributed by atoms with Crippen molar-refractivity contribution in [1.82, 2.24) is 29.7 Å². The summed E-state index contributed by atoms with van der Waals surface area (Å²) in [6, 6.07) is 16.8. The molecule has 5 heterocycles. The van der Waals surface area contributed by atoms with E-state index in [1.807, 2.05) is 53.9 Å². The number of imidazole rings is 2. The van der Waals surface area contributed by atoms with E-state index < -0.39 is 11.2 Å². The third-order valence-electron chi connectivity index (χ3n) is 9.94. The van der Waals surface area contributed by atoms with E-state index in [1.54, 1.807) is 9.80 Å². The van der Waals surface area contributed by atoms with Gasteiger partial charge in [-0.1, -0.05) is 30.3 Å². The second-order valence-corrected chi connectivity index (χ2v) is 16.1. The number of amides is 2. The smallest absolute Gasteiger partial charge is 0.410 e. The quantitative estimate of drug-likeness (QED) is 0.191. The number of nitrogens with zero attached hydrogens (tertiary/aromatic N) is 4. The van der Waals surface area contributed by atoms with Crippen LogP contribution >= 0.6 is 0 Å². The highest BCUT2D eigenvalue weighted by molar-refractivity contribution is 5.98. The van der Waals surface area contributed by atoms with Crippen LogP contribution in [-0.4, -0.2) is 66.2 Å². The highest BCUT2D eigenvalue weighted by Gasteiger charge is 2.36. The number of carbonyl (C=O) groups is 2. The zero-order valence-electron chi connectivity index (χ0n) is 30.7. The van der Waals surface area contributed by atoms with Crippen LogP contribution in [0.2, 0.25) is 0 Å². The van der Waals surface area contributed by atoms with Gasteiger partial charge in [0.1, 0.15) is 35.2 Å². The fraction of sp³-hybridized carbons (Fsp3) is 0.415. The third kappa shape index (κ3) is 6.48. The molecule has 11 nitrogen and oxygen atoms in total. The van der Waals surface area contributed by atoms with Gasteiger partial charge in [0, 0.05) is 29.6 Å². The number of fused-ring (bicyclic) bond motifs is 5. The number of likely N-dealkylation sites (tertiary alicyclic amines) is 2. The average molecular weight is 703 g/mol. The minimum absolute atomic E-state index is 0.137. The van der Waals surface area contributed by atoms with Gasteiger partial charge >= 0.3 is 12.2 Å². The third-order valence-corrected chi connectivity index (χ3v) is 9.94. The first kappa shape index (κ1) is 33.8. The van der Waals surface area contributed by atoms with Gasteiger partial charge in [-0.2, -0.15) is 0 Å². The summed E-state index contributed by atoms with van der Waals surface area (Å²) in [5.41, 5.74) is 6.04. The van der Waals surface area contributed by atoms with Gasteiger partial charge in [-0.05, 0) is 108 Å². The number of hydrogen-bond donors (Lipinski definition) is 2. The molecule has 2 N–H and O–H groups in total. The Morgan fingerprint density at radius 2 is 1.27 bits per heavy atom. The predicted molar refractivity (Wildman–Crippen MR) is 199 cm³/mol. The molecule has 2 atom stereocenters. The maximum Gasteiger partial charge on any atom is 0.410 e. The maximum absolute atomic E-state index is 12.9. The molecule has 3 aliphatic rings. The number of nitrogens with one attached hydrogen (secondary N) is 2. The standard InChI is InChI=1S/C41H46N6O5/c1-40(2,3)51-38(48)46-17-7-9-33(46)36-42-21-31(44-36)25-13-15-29-24(19-25)11-16-30-28-14-12-26(20-27(28)23-50-35(29)30)32-22-43-37(45-32)34-10-8-18-47(34)39(49)52-41(4,5)6/h11-16,19-22,33-34H,7-10,17-18,23H2,1-6H3,(H,42,44)(H,43,45)/t33-,34?/m0/s1. The van der Waals surface area contributed by atoms with E-state index in [2.05, 4.69) is 58.5 Å². The summed E-state index contributed by atoms with van der Waals surface area (Å²) in [7, 11) is 0.